The Bertz CT molecular complexity index is 397. The van der Waals surface area contributed by atoms with Crippen LogP contribution in [-0.4, -0.2) is 0 Å². The van der Waals surface area contributed by atoms with Crippen LogP contribution >= 0.6 is 0 Å². The van der Waals surface area contributed by atoms with E-state index in [2.05, 4.69) is 51.6 Å². The van der Waals surface area contributed by atoms with Crippen LogP contribution in [0.15, 0.2) is 30.8 Å². The van der Waals surface area contributed by atoms with E-state index < -0.39 is 0 Å². The fraction of sp³-hybridized carbons (Fsp3) is 0.636. The third-order valence-electron chi connectivity index (χ3n) is 4.34. The molecule has 0 aliphatic carbocycles. The van der Waals surface area contributed by atoms with Gasteiger partial charge in [0.05, 0.1) is 0 Å². The zero-order valence-electron chi connectivity index (χ0n) is 15.2. The van der Waals surface area contributed by atoms with E-state index in [1.54, 1.807) is 0 Å². The molecule has 0 atom stereocenters. The van der Waals surface area contributed by atoms with Crippen molar-refractivity contribution in [3.63, 3.8) is 0 Å². The second kappa shape index (κ2) is 11.5. The minimum Gasteiger partial charge on any atom is -0.0952 e. The van der Waals surface area contributed by atoms with Crippen LogP contribution in [0.3, 0.4) is 0 Å². The summed E-state index contributed by atoms with van der Waals surface area (Å²) in [6.07, 6.45) is 13.5. The van der Waals surface area contributed by atoms with Crippen molar-refractivity contribution in [3.05, 3.63) is 42.0 Å². The van der Waals surface area contributed by atoms with Crippen molar-refractivity contribution in [1.29, 1.82) is 0 Å². The van der Waals surface area contributed by atoms with E-state index in [9.17, 15) is 0 Å². The van der Waals surface area contributed by atoms with Gasteiger partial charge in [-0.05, 0) is 41.9 Å². The Labute approximate surface area is 139 Å². The summed E-state index contributed by atoms with van der Waals surface area (Å²) in [4.78, 5) is 0. The van der Waals surface area contributed by atoms with Crippen molar-refractivity contribution < 1.29 is 0 Å². The SMILES string of the molecule is C=C(CC(C)C)c1ccc(CCCCCCCCCC)cc1. The molecule has 22 heavy (non-hydrogen) atoms. The molecule has 124 valence electrons. The first-order chi connectivity index (χ1) is 10.6. The van der Waals surface area contributed by atoms with E-state index in [0.717, 1.165) is 6.42 Å². The van der Waals surface area contributed by atoms with Gasteiger partial charge in [-0.15, -0.1) is 0 Å². The monoisotopic (exact) mass is 300 g/mol. The van der Waals surface area contributed by atoms with Gasteiger partial charge in [-0.1, -0.05) is 96.6 Å². The van der Waals surface area contributed by atoms with Crippen LogP contribution in [0.1, 0.15) is 89.7 Å². The van der Waals surface area contributed by atoms with Gasteiger partial charge in [0.2, 0.25) is 0 Å². The Kier molecular flexibility index (Phi) is 9.95. The maximum absolute atomic E-state index is 4.21. The zero-order chi connectivity index (χ0) is 16.2. The summed E-state index contributed by atoms with van der Waals surface area (Å²) >= 11 is 0. The molecule has 0 saturated carbocycles. The molecular formula is C22H36. The molecule has 0 bridgehead atoms. The van der Waals surface area contributed by atoms with Gasteiger partial charge in [0.25, 0.3) is 0 Å². The van der Waals surface area contributed by atoms with E-state index in [0.29, 0.717) is 5.92 Å². The molecular weight excluding hydrogens is 264 g/mol. The molecule has 0 fully saturated rings. The molecule has 1 aromatic carbocycles. The van der Waals surface area contributed by atoms with Gasteiger partial charge >= 0.3 is 0 Å². The summed E-state index contributed by atoms with van der Waals surface area (Å²) in [7, 11) is 0. The highest BCUT2D eigenvalue weighted by Gasteiger charge is 2.02. The summed E-state index contributed by atoms with van der Waals surface area (Å²) in [5.41, 5.74) is 4.06. The van der Waals surface area contributed by atoms with Crippen molar-refractivity contribution >= 4 is 5.57 Å². The predicted molar refractivity (Wildman–Crippen MR) is 101 cm³/mol. The van der Waals surface area contributed by atoms with Gasteiger partial charge in [0, 0.05) is 0 Å². The lowest BCUT2D eigenvalue weighted by Gasteiger charge is -2.09. The first kappa shape index (κ1) is 19.0. The van der Waals surface area contributed by atoms with Gasteiger partial charge in [-0.2, -0.15) is 0 Å². The minimum absolute atomic E-state index is 0.685. The molecule has 0 N–H and O–H groups in total. The van der Waals surface area contributed by atoms with Crippen LogP contribution in [0.2, 0.25) is 0 Å². The number of benzene rings is 1. The first-order valence-corrected chi connectivity index (χ1v) is 9.40. The topological polar surface area (TPSA) is 0 Å². The second-order valence-corrected chi connectivity index (χ2v) is 7.12. The van der Waals surface area contributed by atoms with E-state index in [1.165, 1.54) is 74.5 Å². The lowest BCUT2D eigenvalue weighted by Crippen LogP contribution is -1.92. The lowest BCUT2D eigenvalue weighted by molar-refractivity contribution is 0.575. The average Bonchev–Trinajstić information content (AvgIpc) is 2.50. The molecule has 0 aromatic heterocycles. The third kappa shape index (κ3) is 8.41. The Morgan fingerprint density at radius 1 is 0.864 bits per heavy atom. The quantitative estimate of drug-likeness (QED) is 0.352. The standard InChI is InChI=1S/C22H36/c1-5-6-7-8-9-10-11-12-13-21-14-16-22(17-15-21)20(4)18-19(2)3/h14-17,19H,4-13,18H2,1-3H3. The molecule has 0 aliphatic rings. The Balaban J connectivity index is 2.18. The fourth-order valence-corrected chi connectivity index (χ4v) is 2.98. The number of hydrogen-bond donors (Lipinski definition) is 0. The summed E-state index contributed by atoms with van der Waals surface area (Å²) in [6, 6.07) is 9.10. The number of rotatable bonds is 12. The molecule has 0 heteroatoms. The summed E-state index contributed by atoms with van der Waals surface area (Å²) in [6.45, 7) is 11.0. The maximum atomic E-state index is 4.21. The summed E-state index contributed by atoms with van der Waals surface area (Å²) < 4.78 is 0. The van der Waals surface area contributed by atoms with Gasteiger partial charge in [-0.3, -0.25) is 0 Å². The molecule has 0 saturated heterocycles. The average molecular weight is 301 g/mol. The normalized spacial score (nSPS) is 11.1. The van der Waals surface area contributed by atoms with Crippen LogP contribution in [0, 0.1) is 5.92 Å². The predicted octanol–water partition coefficient (Wildman–Crippen LogP) is 7.43. The van der Waals surface area contributed by atoms with E-state index in [1.807, 2.05) is 0 Å². The van der Waals surface area contributed by atoms with Crippen molar-refractivity contribution in [1.82, 2.24) is 0 Å². The molecule has 0 unspecified atom stereocenters. The molecule has 0 heterocycles. The molecule has 0 amide bonds. The summed E-state index contributed by atoms with van der Waals surface area (Å²) in [5.74, 6) is 0.685. The zero-order valence-corrected chi connectivity index (χ0v) is 15.2. The van der Waals surface area contributed by atoms with Crippen molar-refractivity contribution in [2.75, 3.05) is 0 Å². The largest absolute Gasteiger partial charge is 0.0952 e. The van der Waals surface area contributed by atoms with E-state index in [4.69, 9.17) is 0 Å². The number of hydrogen-bond acceptors (Lipinski definition) is 0. The smallest absolute Gasteiger partial charge is 0.0230 e. The van der Waals surface area contributed by atoms with Crippen LogP contribution in [0.4, 0.5) is 0 Å². The fourth-order valence-electron chi connectivity index (χ4n) is 2.98. The van der Waals surface area contributed by atoms with Crippen LogP contribution in [0.25, 0.3) is 5.57 Å². The van der Waals surface area contributed by atoms with Crippen molar-refractivity contribution in [2.45, 2.75) is 85.0 Å². The molecule has 1 rings (SSSR count). The van der Waals surface area contributed by atoms with E-state index >= 15 is 0 Å². The highest BCUT2D eigenvalue weighted by molar-refractivity contribution is 5.63. The van der Waals surface area contributed by atoms with Crippen molar-refractivity contribution in [3.8, 4) is 0 Å². The Morgan fingerprint density at radius 2 is 1.41 bits per heavy atom. The third-order valence-corrected chi connectivity index (χ3v) is 4.34. The lowest BCUT2D eigenvalue weighted by atomic mass is 9.96. The van der Waals surface area contributed by atoms with Gasteiger partial charge < -0.3 is 0 Å². The van der Waals surface area contributed by atoms with Gasteiger partial charge in [0.15, 0.2) is 0 Å². The maximum Gasteiger partial charge on any atom is -0.0230 e. The molecule has 0 spiro atoms. The van der Waals surface area contributed by atoms with E-state index in [-0.39, 0.29) is 0 Å². The highest BCUT2D eigenvalue weighted by atomic mass is 14.1. The number of unbranched alkanes of at least 4 members (excludes halogenated alkanes) is 7. The molecule has 0 radical (unpaired) electrons. The second-order valence-electron chi connectivity index (χ2n) is 7.12. The summed E-state index contributed by atoms with van der Waals surface area (Å²) in [5, 5.41) is 0. The van der Waals surface area contributed by atoms with Crippen LogP contribution < -0.4 is 0 Å². The van der Waals surface area contributed by atoms with Crippen LogP contribution in [0.5, 0.6) is 0 Å². The Morgan fingerprint density at radius 3 is 1.95 bits per heavy atom. The molecule has 1 aromatic rings. The highest BCUT2D eigenvalue weighted by Crippen LogP contribution is 2.21. The molecule has 0 nitrogen and oxygen atoms in total. The first-order valence-electron chi connectivity index (χ1n) is 9.40. The van der Waals surface area contributed by atoms with Crippen LogP contribution in [-0.2, 0) is 6.42 Å². The van der Waals surface area contributed by atoms with Crippen molar-refractivity contribution in [2.24, 2.45) is 5.92 Å². The van der Waals surface area contributed by atoms with Gasteiger partial charge in [0.1, 0.15) is 0 Å². The number of aryl methyl sites for hydroxylation is 1. The Hall–Kier alpha value is -1.04. The molecule has 0 aliphatic heterocycles. The van der Waals surface area contributed by atoms with Gasteiger partial charge in [-0.25, -0.2) is 0 Å². The minimum atomic E-state index is 0.685. The number of allylic oxidation sites excluding steroid dienone is 1.